The number of amides is 1. The van der Waals surface area contributed by atoms with E-state index in [-0.39, 0.29) is 47.9 Å². The zero-order chi connectivity index (χ0) is 26.5. The largest absolute Gasteiger partial charge is 0.481 e. The van der Waals surface area contributed by atoms with Gasteiger partial charge in [-0.15, -0.1) is 0 Å². The molecule has 8 heteroatoms. The summed E-state index contributed by atoms with van der Waals surface area (Å²) in [4.78, 5) is 28.4. The number of rotatable bonds is 12. The van der Waals surface area contributed by atoms with Crippen molar-refractivity contribution in [2.75, 3.05) is 6.54 Å². The predicted octanol–water partition coefficient (Wildman–Crippen LogP) is 5.82. The lowest BCUT2D eigenvalue weighted by atomic mass is 9.75. The van der Waals surface area contributed by atoms with Crippen molar-refractivity contribution in [3.8, 4) is 0 Å². The highest BCUT2D eigenvalue weighted by Gasteiger charge is 2.51. The van der Waals surface area contributed by atoms with E-state index in [1.165, 1.54) is 56.9 Å². The lowest BCUT2D eigenvalue weighted by Crippen LogP contribution is -2.28. The lowest BCUT2D eigenvalue weighted by molar-refractivity contribution is -0.136. The molecule has 3 aliphatic rings. The van der Waals surface area contributed by atoms with Crippen LogP contribution >= 0.6 is 0 Å². The second-order valence-corrected chi connectivity index (χ2v) is 11.3. The number of aromatic nitrogens is 1. The van der Waals surface area contributed by atoms with Gasteiger partial charge in [-0.1, -0.05) is 51.0 Å². The maximum Gasteiger partial charge on any atom is 0.303 e. The number of carboxylic acid groups (broad SMARTS) is 1. The number of carbonyl (C=O) groups is 2. The molecule has 1 saturated carbocycles. The summed E-state index contributed by atoms with van der Waals surface area (Å²) < 4.78 is 26.2. The van der Waals surface area contributed by atoms with Crippen LogP contribution in [0.5, 0.6) is 0 Å². The molecule has 2 aliphatic heterocycles. The van der Waals surface area contributed by atoms with Crippen molar-refractivity contribution in [2.45, 2.75) is 102 Å². The molecule has 1 amide bonds. The van der Waals surface area contributed by atoms with Crippen molar-refractivity contribution in [1.82, 2.24) is 10.3 Å². The highest BCUT2D eigenvalue weighted by Crippen LogP contribution is 2.50. The molecule has 38 heavy (non-hydrogen) atoms. The Morgan fingerprint density at radius 1 is 1.05 bits per heavy atom. The van der Waals surface area contributed by atoms with Gasteiger partial charge in [0.05, 0.1) is 18.1 Å². The molecule has 3 fully saturated rings. The van der Waals surface area contributed by atoms with E-state index in [1.54, 1.807) is 6.07 Å². The van der Waals surface area contributed by atoms with Crippen LogP contribution in [0.1, 0.15) is 104 Å². The van der Waals surface area contributed by atoms with Crippen LogP contribution in [0.25, 0.3) is 0 Å². The molecule has 0 spiro atoms. The van der Waals surface area contributed by atoms with E-state index in [2.05, 4.69) is 10.3 Å². The molecule has 7 nitrogen and oxygen atoms in total. The summed E-state index contributed by atoms with van der Waals surface area (Å²) in [6, 6.07) is 4.56. The summed E-state index contributed by atoms with van der Waals surface area (Å²) in [5, 5.41) is 12.1. The van der Waals surface area contributed by atoms with Gasteiger partial charge in [0.1, 0.15) is 12.1 Å². The van der Waals surface area contributed by atoms with E-state index in [0.717, 1.165) is 42.7 Å². The Labute approximate surface area is 223 Å². The van der Waals surface area contributed by atoms with Gasteiger partial charge in [-0.25, -0.2) is 9.37 Å². The minimum Gasteiger partial charge on any atom is -0.481 e. The maximum absolute atomic E-state index is 14.1. The van der Waals surface area contributed by atoms with Crippen LogP contribution in [-0.4, -0.2) is 40.7 Å². The molecule has 1 aromatic carbocycles. The average Bonchev–Trinajstić information content (AvgIpc) is 3.65. The number of hydrogen-bond donors (Lipinski definition) is 2. The van der Waals surface area contributed by atoms with E-state index in [4.69, 9.17) is 14.3 Å². The second-order valence-electron chi connectivity index (χ2n) is 11.3. The van der Waals surface area contributed by atoms with Crippen LogP contribution in [0.3, 0.4) is 0 Å². The molecule has 2 bridgehead atoms. The Balaban J connectivity index is 1.19. The Bertz CT molecular complexity index is 1110. The zero-order valence-electron chi connectivity index (χ0n) is 22.0. The maximum atomic E-state index is 14.1. The third-order valence-corrected chi connectivity index (χ3v) is 8.75. The molecule has 1 aliphatic carbocycles. The molecule has 0 radical (unpaired) electrons. The topological polar surface area (TPSA) is 102 Å². The fraction of sp³-hybridized carbons (Fsp3) is 0.633. The van der Waals surface area contributed by atoms with Gasteiger partial charge < -0.3 is 19.6 Å². The number of aliphatic carboxylic acids is 1. The van der Waals surface area contributed by atoms with Crippen molar-refractivity contribution in [2.24, 2.45) is 11.8 Å². The Morgan fingerprint density at radius 2 is 1.87 bits per heavy atom. The predicted molar refractivity (Wildman–Crippen MR) is 139 cm³/mol. The Hall–Kier alpha value is -2.74. The van der Waals surface area contributed by atoms with Gasteiger partial charge in [-0.3, -0.25) is 9.59 Å². The van der Waals surface area contributed by atoms with Gasteiger partial charge in [0.2, 0.25) is 5.89 Å². The number of unbranched alkanes of at least 4 members (excludes halogenated alkanes) is 1. The quantitative estimate of drug-likeness (QED) is 0.338. The van der Waals surface area contributed by atoms with Crippen molar-refractivity contribution in [3.05, 3.63) is 53.0 Å². The number of nitrogens with one attached hydrogen (secondary N) is 1. The van der Waals surface area contributed by atoms with E-state index in [9.17, 15) is 14.0 Å². The number of fused-ring (bicyclic) bond motifs is 2. The molecular formula is C30H39FN2O5. The van der Waals surface area contributed by atoms with E-state index in [1.807, 2.05) is 0 Å². The normalized spacial score (nSPS) is 25.1. The van der Waals surface area contributed by atoms with Crippen molar-refractivity contribution < 1.29 is 28.2 Å². The number of aryl methyl sites for hydroxylation is 1. The third kappa shape index (κ3) is 6.45. The first-order valence-electron chi connectivity index (χ1n) is 14.4. The molecule has 4 atom stereocenters. The van der Waals surface area contributed by atoms with Crippen LogP contribution in [-0.2, 0) is 22.4 Å². The van der Waals surface area contributed by atoms with Crippen molar-refractivity contribution in [1.29, 1.82) is 0 Å². The van der Waals surface area contributed by atoms with Gasteiger partial charge in [-0.2, -0.15) is 0 Å². The summed E-state index contributed by atoms with van der Waals surface area (Å²) in [5.41, 5.74) is 1.92. The van der Waals surface area contributed by atoms with Crippen LogP contribution < -0.4 is 5.32 Å². The molecule has 1 aromatic heterocycles. The molecule has 2 aromatic rings. The molecule has 3 heterocycles. The minimum absolute atomic E-state index is 0.00588. The Kier molecular flexibility index (Phi) is 8.77. The van der Waals surface area contributed by atoms with Gasteiger partial charge in [-0.05, 0) is 61.3 Å². The van der Waals surface area contributed by atoms with Crippen molar-refractivity contribution >= 4 is 11.9 Å². The number of ether oxygens (including phenoxy) is 1. The number of benzene rings is 1. The molecule has 1 unspecified atom stereocenters. The lowest BCUT2D eigenvalue weighted by Gasteiger charge is -2.26. The SMILES string of the molecule is O=C(O)CCc1ccc(F)cc1C[C@H]1C2CC[C@@H](O2)[C@H]1c1nc(C(=O)NCCCCC2CCCCC2)co1. The monoisotopic (exact) mass is 526 g/mol. The minimum atomic E-state index is -0.878. The first-order chi connectivity index (χ1) is 18.5. The molecular weight excluding hydrogens is 487 g/mol. The van der Waals surface area contributed by atoms with Crippen LogP contribution in [0.15, 0.2) is 28.9 Å². The summed E-state index contributed by atoms with van der Waals surface area (Å²) in [7, 11) is 0. The fourth-order valence-electron chi connectivity index (χ4n) is 6.77. The summed E-state index contributed by atoms with van der Waals surface area (Å²) >= 11 is 0. The van der Waals surface area contributed by atoms with Crippen LogP contribution in [0.4, 0.5) is 4.39 Å². The zero-order valence-corrected chi connectivity index (χ0v) is 22.0. The van der Waals surface area contributed by atoms with E-state index < -0.39 is 5.97 Å². The molecule has 2 N–H and O–H groups in total. The summed E-state index contributed by atoms with van der Waals surface area (Å²) in [6.45, 7) is 0.631. The number of hydrogen-bond acceptors (Lipinski definition) is 5. The fourth-order valence-corrected chi connectivity index (χ4v) is 6.77. The van der Waals surface area contributed by atoms with Gasteiger partial charge in [0, 0.05) is 18.9 Å². The number of halogens is 1. The summed E-state index contributed by atoms with van der Waals surface area (Å²) in [5.74, 6) is -0.192. The van der Waals surface area contributed by atoms with E-state index >= 15 is 0 Å². The number of oxazole rings is 1. The highest BCUT2D eigenvalue weighted by atomic mass is 19.1. The number of carboxylic acids is 1. The van der Waals surface area contributed by atoms with Crippen LogP contribution in [0, 0.1) is 17.7 Å². The van der Waals surface area contributed by atoms with E-state index in [0.29, 0.717) is 25.3 Å². The van der Waals surface area contributed by atoms with Gasteiger partial charge >= 0.3 is 5.97 Å². The number of nitrogens with zero attached hydrogens (tertiary/aromatic N) is 1. The smallest absolute Gasteiger partial charge is 0.303 e. The molecule has 5 rings (SSSR count). The average molecular weight is 527 g/mol. The van der Waals surface area contributed by atoms with Crippen molar-refractivity contribution in [3.63, 3.8) is 0 Å². The standard InChI is InChI=1S/C30H39FN2O5/c31-22-11-9-20(10-14-27(34)35)21(16-22)17-23-25-12-13-26(38-25)28(23)30-33-24(18-37-30)29(36)32-15-5-4-8-19-6-2-1-3-7-19/h9,11,16,18-19,23,25-26,28H,1-8,10,12-15,17H2,(H,32,36)(H,34,35)/t23-,25?,26+,28-/m0/s1. The third-order valence-electron chi connectivity index (χ3n) is 8.75. The first kappa shape index (κ1) is 26.9. The highest BCUT2D eigenvalue weighted by molar-refractivity contribution is 5.91. The van der Waals surface area contributed by atoms with Gasteiger partial charge in [0.15, 0.2) is 5.69 Å². The summed E-state index contributed by atoms with van der Waals surface area (Å²) in [6.07, 6.45) is 14.2. The second kappa shape index (κ2) is 12.4. The van der Waals surface area contributed by atoms with Crippen LogP contribution in [0.2, 0.25) is 0 Å². The van der Waals surface area contributed by atoms with Gasteiger partial charge in [0.25, 0.3) is 5.91 Å². The first-order valence-corrected chi connectivity index (χ1v) is 14.4. The molecule has 206 valence electrons. The molecule has 2 saturated heterocycles. The number of carbonyl (C=O) groups excluding carboxylic acids is 1. The Morgan fingerprint density at radius 3 is 2.68 bits per heavy atom.